The number of rotatable bonds is 9. The molecule has 5 aliphatic rings. The minimum absolute atomic E-state index is 0.0798. The Morgan fingerprint density at radius 3 is 2.58 bits per heavy atom. The van der Waals surface area contributed by atoms with Gasteiger partial charge >= 0.3 is 0 Å². The third kappa shape index (κ3) is 8.85. The number of Topliss-reactive ketones (excluding diaryl/α,β-unsaturated/α-hetero) is 1. The lowest BCUT2D eigenvalue weighted by Crippen LogP contribution is -2.52. The van der Waals surface area contributed by atoms with Crippen LogP contribution in [0.25, 0.3) is 11.3 Å². The fourth-order valence-electron chi connectivity index (χ4n) is 10.1. The number of carbonyl (C=O) groups is 4. The van der Waals surface area contributed by atoms with Gasteiger partial charge in [0.25, 0.3) is 5.91 Å². The van der Waals surface area contributed by atoms with Crippen molar-refractivity contribution < 1.29 is 23.9 Å². The fraction of sp³-hybridized carbons (Fsp3) is 0.500. The molecule has 2 bridgehead atoms. The van der Waals surface area contributed by atoms with E-state index >= 15 is 0 Å². The number of carbonyl (C=O) groups excluding carboxylic acids is 4. The number of imide groups is 1. The number of pyridine rings is 1. The first-order chi connectivity index (χ1) is 30.1. The summed E-state index contributed by atoms with van der Waals surface area (Å²) in [5.41, 5.74) is 9.41. The highest BCUT2D eigenvalue weighted by molar-refractivity contribution is 6.05. The van der Waals surface area contributed by atoms with Crippen molar-refractivity contribution in [2.75, 3.05) is 56.1 Å². The third-order valence-corrected chi connectivity index (χ3v) is 13.4. The second-order valence-corrected chi connectivity index (χ2v) is 18.0. The first-order valence-electron chi connectivity index (χ1n) is 22.6. The number of benzene rings is 2. The van der Waals surface area contributed by atoms with Gasteiger partial charge in [-0.3, -0.25) is 34.4 Å². The standard InChI is InChI=1S/C48H59N9O5/c1-31-9-8-22-62-48-37(27-49-53(48)3)40-25-35(23-32(2)50-40)43(58)26-44-51-39-14-13-33(24-42(39)56(44)28-31)29-55-20-18-54(19-21-55)17-6-4-5-10-34-11-7-12-36-38(34)30-57(47(36)61)41-15-16-45(59)52-46(41)60/h7,11-14,23-25,27,31,41,44,51H,4-6,8-10,15-22,26,28-30H2,1-3H3,(H,52,59,60)/t31-,41?,44?/m1/s1. The van der Waals surface area contributed by atoms with E-state index in [-0.39, 0.29) is 36.1 Å². The number of ether oxygens (including phenoxy) is 1. The molecule has 2 saturated heterocycles. The summed E-state index contributed by atoms with van der Waals surface area (Å²) in [6, 6.07) is 15.9. The molecule has 0 radical (unpaired) electrons. The second-order valence-electron chi connectivity index (χ2n) is 18.0. The van der Waals surface area contributed by atoms with Crippen LogP contribution in [-0.2, 0) is 36.1 Å². The van der Waals surface area contributed by atoms with Gasteiger partial charge in [-0.2, -0.15) is 5.10 Å². The van der Waals surface area contributed by atoms with Gasteiger partial charge in [-0.05, 0) is 105 Å². The Morgan fingerprint density at radius 2 is 1.74 bits per heavy atom. The van der Waals surface area contributed by atoms with E-state index in [0.29, 0.717) is 54.6 Å². The van der Waals surface area contributed by atoms with Gasteiger partial charge in [-0.25, -0.2) is 4.68 Å². The molecule has 9 rings (SSSR count). The molecule has 2 aromatic carbocycles. The fourth-order valence-corrected chi connectivity index (χ4v) is 10.1. The summed E-state index contributed by atoms with van der Waals surface area (Å²) in [7, 11) is 1.88. The normalized spacial score (nSPS) is 22.2. The summed E-state index contributed by atoms with van der Waals surface area (Å²) < 4.78 is 8.02. The van der Waals surface area contributed by atoms with Gasteiger partial charge in [0, 0.05) is 82.5 Å². The predicted octanol–water partition coefficient (Wildman–Crippen LogP) is 5.72. The number of ketones is 1. The average molecular weight is 842 g/mol. The smallest absolute Gasteiger partial charge is 0.255 e. The predicted molar refractivity (Wildman–Crippen MR) is 237 cm³/mol. The quantitative estimate of drug-likeness (QED) is 0.158. The molecule has 62 heavy (non-hydrogen) atoms. The molecule has 5 aliphatic heterocycles. The Bertz CT molecular complexity index is 2350. The Kier molecular flexibility index (Phi) is 12.1. The van der Waals surface area contributed by atoms with Crippen molar-refractivity contribution in [3.05, 3.63) is 88.2 Å². The topological polar surface area (TPSA) is 145 Å². The highest BCUT2D eigenvalue weighted by Crippen LogP contribution is 2.39. The van der Waals surface area contributed by atoms with Crippen LogP contribution in [0.5, 0.6) is 5.88 Å². The minimum Gasteiger partial charge on any atom is -0.477 e. The summed E-state index contributed by atoms with van der Waals surface area (Å²) >= 11 is 0. The maximum atomic E-state index is 14.0. The molecule has 7 heterocycles. The van der Waals surface area contributed by atoms with Crippen LogP contribution in [0.3, 0.4) is 0 Å². The van der Waals surface area contributed by atoms with Crippen LogP contribution in [0.4, 0.5) is 11.4 Å². The average Bonchev–Trinajstić information content (AvgIpc) is 3.91. The first-order valence-corrected chi connectivity index (χ1v) is 22.6. The van der Waals surface area contributed by atoms with Crippen molar-refractivity contribution >= 4 is 34.9 Å². The number of hydrogen-bond acceptors (Lipinski definition) is 11. The molecular formula is C48H59N9O5. The SMILES string of the molecule is Cc1cc2cc(n1)-c1cnn(C)c1OCCC[C@@H](C)CN1c3cc(CN4CCN(CCCCCc5cccc6c5CN(C5CCC(=O)NC5=O)C6=O)CC4)ccc3NC1CC2=O. The number of aromatic nitrogens is 3. The van der Waals surface area contributed by atoms with E-state index in [9.17, 15) is 19.2 Å². The molecule has 4 aromatic rings. The van der Waals surface area contributed by atoms with Crippen molar-refractivity contribution in [2.45, 2.75) is 96.9 Å². The first kappa shape index (κ1) is 41.7. The van der Waals surface area contributed by atoms with Crippen LogP contribution >= 0.6 is 0 Å². The molecule has 0 spiro atoms. The van der Waals surface area contributed by atoms with E-state index < -0.39 is 6.04 Å². The summed E-state index contributed by atoms with van der Waals surface area (Å²) in [5, 5.41) is 10.6. The zero-order chi connectivity index (χ0) is 42.9. The molecule has 14 nitrogen and oxygen atoms in total. The van der Waals surface area contributed by atoms with Crippen molar-refractivity contribution in [2.24, 2.45) is 13.0 Å². The van der Waals surface area contributed by atoms with E-state index in [1.807, 2.05) is 38.2 Å². The summed E-state index contributed by atoms with van der Waals surface area (Å²) in [6.45, 7) is 12.2. The second kappa shape index (κ2) is 18.0. The highest BCUT2D eigenvalue weighted by Gasteiger charge is 2.40. The molecule has 2 unspecified atom stereocenters. The maximum absolute atomic E-state index is 14.0. The number of piperazine rings is 1. The number of piperidine rings is 1. The number of nitrogens with one attached hydrogen (secondary N) is 2. The van der Waals surface area contributed by atoms with Gasteiger partial charge in [0.05, 0.1) is 35.4 Å². The Morgan fingerprint density at radius 1 is 0.903 bits per heavy atom. The van der Waals surface area contributed by atoms with Gasteiger partial charge in [-0.1, -0.05) is 31.5 Å². The van der Waals surface area contributed by atoms with Crippen molar-refractivity contribution in [3.8, 4) is 17.1 Å². The van der Waals surface area contributed by atoms with Crippen LogP contribution in [0.1, 0.15) is 101 Å². The van der Waals surface area contributed by atoms with Crippen molar-refractivity contribution in [1.29, 1.82) is 0 Å². The summed E-state index contributed by atoms with van der Waals surface area (Å²) in [4.78, 5) is 65.4. The molecule has 14 heteroatoms. The molecule has 2 fully saturated rings. The number of amides is 3. The van der Waals surface area contributed by atoms with Crippen molar-refractivity contribution in [3.63, 3.8) is 0 Å². The molecule has 3 amide bonds. The highest BCUT2D eigenvalue weighted by atomic mass is 16.5. The number of hydrogen-bond donors (Lipinski definition) is 2. The van der Waals surface area contributed by atoms with Crippen LogP contribution < -0.4 is 20.3 Å². The molecule has 3 atom stereocenters. The number of aryl methyl sites for hydroxylation is 3. The van der Waals surface area contributed by atoms with Crippen LogP contribution in [0.2, 0.25) is 0 Å². The molecule has 0 saturated carbocycles. The maximum Gasteiger partial charge on any atom is 0.255 e. The number of unbranched alkanes of at least 4 members (excludes halogenated alkanes) is 2. The molecule has 2 N–H and O–H groups in total. The molecule has 2 aromatic heterocycles. The van der Waals surface area contributed by atoms with Crippen molar-refractivity contribution in [1.82, 2.24) is 34.8 Å². The van der Waals surface area contributed by atoms with Gasteiger partial charge < -0.3 is 24.8 Å². The lowest BCUT2D eigenvalue weighted by Gasteiger charge is -2.35. The Hall–Kier alpha value is -5.60. The molecular weight excluding hydrogens is 783 g/mol. The number of nitrogens with zero attached hydrogens (tertiary/aromatic N) is 7. The van der Waals surface area contributed by atoms with Gasteiger partial charge in [-0.15, -0.1) is 0 Å². The van der Waals surface area contributed by atoms with Crippen LogP contribution in [0, 0.1) is 12.8 Å². The van der Waals surface area contributed by atoms with Gasteiger partial charge in [0.15, 0.2) is 5.78 Å². The Labute approximate surface area is 364 Å². The zero-order valence-corrected chi connectivity index (χ0v) is 36.3. The van der Waals surface area contributed by atoms with Gasteiger partial charge in [0.2, 0.25) is 17.7 Å². The van der Waals surface area contributed by atoms with Crippen LogP contribution in [0.15, 0.2) is 54.7 Å². The lowest BCUT2D eigenvalue weighted by atomic mass is 9.98. The number of fused-ring (bicyclic) bond motifs is 8. The monoisotopic (exact) mass is 841 g/mol. The van der Waals surface area contributed by atoms with E-state index in [1.165, 1.54) is 16.8 Å². The summed E-state index contributed by atoms with van der Waals surface area (Å²) in [5.74, 6) is 0.404. The van der Waals surface area contributed by atoms with E-state index in [2.05, 4.69) is 61.6 Å². The largest absolute Gasteiger partial charge is 0.477 e. The molecule has 0 aliphatic carbocycles. The van der Waals surface area contributed by atoms with Gasteiger partial charge in [0.1, 0.15) is 12.2 Å². The number of anilines is 2. The zero-order valence-electron chi connectivity index (χ0n) is 36.3. The van der Waals surface area contributed by atoms with Crippen LogP contribution in [-0.4, -0.2) is 111 Å². The minimum atomic E-state index is -0.586. The van der Waals surface area contributed by atoms with E-state index in [1.54, 1.807) is 15.8 Å². The third-order valence-electron chi connectivity index (χ3n) is 13.4. The van der Waals surface area contributed by atoms with E-state index in [0.717, 1.165) is 107 Å². The Balaban J connectivity index is 0.767. The lowest BCUT2D eigenvalue weighted by molar-refractivity contribution is -0.136. The van der Waals surface area contributed by atoms with E-state index in [4.69, 9.17) is 9.72 Å². The summed E-state index contributed by atoms with van der Waals surface area (Å²) in [6.07, 6.45) is 8.73. The molecule has 326 valence electrons.